The van der Waals surface area contributed by atoms with Gasteiger partial charge in [0.25, 0.3) is 5.91 Å². The predicted molar refractivity (Wildman–Crippen MR) is 114 cm³/mol. The van der Waals surface area contributed by atoms with Gasteiger partial charge >= 0.3 is 0 Å². The molecule has 0 bridgehead atoms. The number of pyridine rings is 1. The van der Waals surface area contributed by atoms with E-state index < -0.39 is 11.5 Å². The highest BCUT2D eigenvalue weighted by atomic mass is 16.5. The topological polar surface area (TPSA) is 143 Å². The molecule has 0 aromatic carbocycles. The molecule has 162 valence electrons. The van der Waals surface area contributed by atoms with Crippen molar-refractivity contribution in [2.24, 2.45) is 0 Å². The van der Waals surface area contributed by atoms with E-state index >= 15 is 0 Å². The number of ether oxygens (including phenoxy) is 1. The molecule has 4 aromatic rings. The lowest BCUT2D eigenvalue weighted by molar-refractivity contribution is 0.0578. The molecule has 0 aliphatic rings. The monoisotopic (exact) mass is 432 g/mol. The van der Waals surface area contributed by atoms with Gasteiger partial charge in [0.05, 0.1) is 31.1 Å². The van der Waals surface area contributed by atoms with Crippen LogP contribution in [0, 0.1) is 11.3 Å². The number of nitriles is 1. The number of rotatable bonds is 6. The van der Waals surface area contributed by atoms with Crippen molar-refractivity contribution in [1.82, 2.24) is 29.4 Å². The fraction of sp³-hybridized carbons (Fsp3) is 0.238. The van der Waals surface area contributed by atoms with Crippen LogP contribution in [0.3, 0.4) is 0 Å². The molecule has 0 atom stereocenters. The van der Waals surface area contributed by atoms with Crippen molar-refractivity contribution in [3.8, 4) is 23.2 Å². The zero-order chi connectivity index (χ0) is 22.9. The zero-order valence-corrected chi connectivity index (χ0v) is 17.6. The third-order valence-corrected chi connectivity index (χ3v) is 4.50. The lowest BCUT2D eigenvalue weighted by Gasteiger charge is -2.16. The third kappa shape index (κ3) is 4.12. The largest absolute Gasteiger partial charge is 0.494 e. The summed E-state index contributed by atoms with van der Waals surface area (Å²) in [6, 6.07) is 6.83. The van der Waals surface area contributed by atoms with Gasteiger partial charge in [-0.25, -0.2) is 14.5 Å². The van der Waals surface area contributed by atoms with Gasteiger partial charge in [0.2, 0.25) is 0 Å². The molecule has 11 heteroatoms. The van der Waals surface area contributed by atoms with Crippen molar-refractivity contribution in [2.75, 3.05) is 12.4 Å². The van der Waals surface area contributed by atoms with E-state index in [0.717, 1.165) is 0 Å². The van der Waals surface area contributed by atoms with Crippen molar-refractivity contribution in [2.45, 2.75) is 26.0 Å². The Morgan fingerprint density at radius 1 is 1.34 bits per heavy atom. The molecule has 0 aliphatic carbocycles. The average Bonchev–Trinajstić information content (AvgIpc) is 3.36. The highest BCUT2D eigenvalue weighted by molar-refractivity contribution is 6.09. The van der Waals surface area contributed by atoms with Gasteiger partial charge in [-0.1, -0.05) is 0 Å². The number of fused-ring (bicyclic) bond motifs is 1. The Morgan fingerprint density at radius 2 is 2.16 bits per heavy atom. The molecule has 32 heavy (non-hydrogen) atoms. The molecule has 0 fully saturated rings. The van der Waals surface area contributed by atoms with E-state index in [4.69, 9.17) is 4.74 Å². The maximum atomic E-state index is 13.0. The van der Waals surface area contributed by atoms with Crippen LogP contribution in [0.1, 0.15) is 29.9 Å². The summed E-state index contributed by atoms with van der Waals surface area (Å²) in [6.07, 6.45) is 6.27. The quantitative estimate of drug-likeness (QED) is 0.470. The van der Waals surface area contributed by atoms with E-state index in [1.54, 1.807) is 44.6 Å². The molecule has 0 unspecified atom stereocenters. The number of nitrogens with one attached hydrogen (secondary N) is 1. The Bertz CT molecular complexity index is 1340. The second kappa shape index (κ2) is 8.09. The third-order valence-electron chi connectivity index (χ3n) is 4.50. The Labute approximate surface area is 182 Å². The first-order valence-corrected chi connectivity index (χ1v) is 9.64. The minimum absolute atomic E-state index is 0.161. The normalized spacial score (nSPS) is 11.3. The van der Waals surface area contributed by atoms with Crippen LogP contribution >= 0.6 is 0 Å². The molecule has 4 rings (SSSR count). The molecule has 0 spiro atoms. The number of hydrogen-bond acceptors (Lipinski definition) is 8. The van der Waals surface area contributed by atoms with Crippen LogP contribution in [0.15, 0.2) is 43.0 Å². The maximum Gasteiger partial charge on any atom is 0.261 e. The number of amides is 1. The van der Waals surface area contributed by atoms with Crippen LogP contribution in [0.25, 0.3) is 17.0 Å². The van der Waals surface area contributed by atoms with Gasteiger partial charge in [-0.3, -0.25) is 9.48 Å². The molecule has 11 nitrogen and oxygen atoms in total. The summed E-state index contributed by atoms with van der Waals surface area (Å²) >= 11 is 0. The fourth-order valence-electron chi connectivity index (χ4n) is 3.19. The number of anilines is 1. The minimum Gasteiger partial charge on any atom is -0.494 e. The lowest BCUT2D eigenvalue weighted by atomic mass is 10.1. The number of aliphatic hydroxyl groups is 1. The van der Waals surface area contributed by atoms with Crippen LogP contribution in [0.5, 0.6) is 5.75 Å². The molecular weight excluding hydrogens is 412 g/mol. The minimum atomic E-state index is -1.05. The highest BCUT2D eigenvalue weighted by Crippen LogP contribution is 2.33. The highest BCUT2D eigenvalue weighted by Gasteiger charge is 2.23. The molecule has 0 saturated heterocycles. The van der Waals surface area contributed by atoms with E-state index in [1.165, 1.54) is 28.6 Å². The molecule has 2 N–H and O–H groups in total. The number of carbonyl (C=O) groups excluding carboxylic acids is 1. The molecule has 4 aromatic heterocycles. The number of aromatic nitrogens is 6. The van der Waals surface area contributed by atoms with Gasteiger partial charge in [0.1, 0.15) is 34.5 Å². The summed E-state index contributed by atoms with van der Waals surface area (Å²) in [4.78, 5) is 21.6. The first kappa shape index (κ1) is 21.0. The molecule has 4 heterocycles. The van der Waals surface area contributed by atoms with Gasteiger partial charge in [0.15, 0.2) is 5.65 Å². The summed E-state index contributed by atoms with van der Waals surface area (Å²) < 4.78 is 8.39. The lowest BCUT2D eigenvalue weighted by Crippen LogP contribution is -2.26. The second-order valence-electron chi connectivity index (χ2n) is 7.66. The molecular formula is C21H20N8O3. The molecule has 0 radical (unpaired) electrons. The Balaban J connectivity index is 1.79. The Kier molecular flexibility index (Phi) is 5.29. The van der Waals surface area contributed by atoms with Crippen LogP contribution in [0.2, 0.25) is 0 Å². The van der Waals surface area contributed by atoms with E-state index in [9.17, 15) is 15.2 Å². The predicted octanol–water partition coefficient (Wildman–Crippen LogP) is 1.89. The summed E-state index contributed by atoms with van der Waals surface area (Å²) in [5.74, 6) is -0.0659. The van der Waals surface area contributed by atoms with Crippen molar-refractivity contribution >= 4 is 17.2 Å². The van der Waals surface area contributed by atoms with Crippen molar-refractivity contribution in [3.63, 3.8) is 0 Å². The molecule has 0 aliphatic heterocycles. The summed E-state index contributed by atoms with van der Waals surface area (Å²) in [6.45, 7) is 3.45. The van der Waals surface area contributed by atoms with Crippen LogP contribution in [-0.4, -0.2) is 53.1 Å². The van der Waals surface area contributed by atoms with Gasteiger partial charge in [-0.2, -0.15) is 15.5 Å². The zero-order valence-electron chi connectivity index (χ0n) is 17.6. The second-order valence-corrected chi connectivity index (χ2v) is 7.66. The Hall–Kier alpha value is -4.30. The number of methoxy groups -OCH3 is 1. The van der Waals surface area contributed by atoms with E-state index in [2.05, 4.69) is 25.5 Å². The molecule has 1 amide bonds. The van der Waals surface area contributed by atoms with Gasteiger partial charge < -0.3 is 15.2 Å². The smallest absolute Gasteiger partial charge is 0.261 e. The average molecular weight is 432 g/mol. The van der Waals surface area contributed by atoms with Crippen molar-refractivity contribution in [3.05, 3.63) is 54.2 Å². The van der Waals surface area contributed by atoms with Gasteiger partial charge in [0, 0.05) is 18.6 Å². The molecule has 0 saturated carbocycles. The summed E-state index contributed by atoms with van der Waals surface area (Å²) in [7, 11) is 1.48. The first-order valence-electron chi connectivity index (χ1n) is 9.64. The summed E-state index contributed by atoms with van der Waals surface area (Å²) in [5, 5.41) is 31.0. The number of nitrogens with zero attached hydrogens (tertiary/aromatic N) is 7. The number of hydrogen-bond donors (Lipinski definition) is 2. The van der Waals surface area contributed by atoms with Crippen molar-refractivity contribution < 1.29 is 14.6 Å². The van der Waals surface area contributed by atoms with E-state index in [0.29, 0.717) is 22.8 Å². The first-order chi connectivity index (χ1) is 15.3. The Morgan fingerprint density at radius 3 is 2.88 bits per heavy atom. The summed E-state index contributed by atoms with van der Waals surface area (Å²) in [5.41, 5.74) is 0.700. The van der Waals surface area contributed by atoms with Crippen LogP contribution in [0.4, 0.5) is 5.69 Å². The van der Waals surface area contributed by atoms with Gasteiger partial charge in [-0.15, -0.1) is 0 Å². The number of carbonyl (C=O) groups is 1. The van der Waals surface area contributed by atoms with Crippen LogP contribution < -0.4 is 10.1 Å². The van der Waals surface area contributed by atoms with Gasteiger partial charge in [-0.05, 0) is 32.0 Å². The maximum absolute atomic E-state index is 13.0. The SMILES string of the molecule is COc1ccc(C#N)nc1-c1nn(CC(C)(C)O)cc1NC(=O)c1cnn2cccnc12. The van der Waals surface area contributed by atoms with E-state index in [1.807, 2.05) is 6.07 Å². The van der Waals surface area contributed by atoms with Crippen molar-refractivity contribution in [1.29, 1.82) is 5.26 Å². The standard InChI is InChI=1S/C21H20N8O3/c1-21(2,31)12-28-11-15(17(27-28)18-16(32-3)6-5-13(9-22)25-18)26-20(30)14-10-24-29-8-4-7-23-19(14)29/h4-8,10-11,31H,12H2,1-3H3,(H,26,30). The van der Waals surface area contributed by atoms with E-state index in [-0.39, 0.29) is 23.5 Å². The van der Waals surface area contributed by atoms with Crippen LogP contribution in [-0.2, 0) is 6.54 Å². The fourth-order valence-corrected chi connectivity index (χ4v) is 3.19.